The summed E-state index contributed by atoms with van der Waals surface area (Å²) in [7, 11) is 0. The van der Waals surface area contributed by atoms with Crippen molar-refractivity contribution in [3.05, 3.63) is 29.3 Å². The minimum absolute atomic E-state index is 0.0535. The molecule has 19 heavy (non-hydrogen) atoms. The molecule has 0 aliphatic carbocycles. The van der Waals surface area contributed by atoms with Gasteiger partial charge in [-0.05, 0) is 50.0 Å². The van der Waals surface area contributed by atoms with Crippen LogP contribution in [0.5, 0.6) is 0 Å². The van der Waals surface area contributed by atoms with Crippen LogP contribution >= 0.6 is 0 Å². The summed E-state index contributed by atoms with van der Waals surface area (Å²) >= 11 is 0. The van der Waals surface area contributed by atoms with Crippen LogP contribution in [0.1, 0.15) is 18.1 Å². The third kappa shape index (κ3) is 3.08. The van der Waals surface area contributed by atoms with Gasteiger partial charge in [0.1, 0.15) is 0 Å². The number of hydrogen-bond acceptors (Lipinski definition) is 2. The van der Waals surface area contributed by atoms with E-state index in [1.54, 1.807) is 6.92 Å². The van der Waals surface area contributed by atoms with Crippen LogP contribution in [0.4, 0.5) is 5.69 Å². The molecule has 1 saturated heterocycles. The molecule has 1 fully saturated rings. The molecule has 0 unspecified atom stereocenters. The molecule has 0 aromatic heterocycles. The molecular weight excluding hydrogens is 236 g/mol. The third-order valence-electron chi connectivity index (χ3n) is 3.65. The van der Waals surface area contributed by atoms with Gasteiger partial charge in [-0.3, -0.25) is 4.79 Å². The van der Waals surface area contributed by atoms with E-state index in [-0.39, 0.29) is 5.91 Å². The van der Waals surface area contributed by atoms with Crippen molar-refractivity contribution in [2.24, 2.45) is 0 Å². The molecule has 3 nitrogen and oxygen atoms in total. The van der Waals surface area contributed by atoms with E-state index in [0.29, 0.717) is 0 Å². The summed E-state index contributed by atoms with van der Waals surface area (Å²) in [6, 6.07) is 6.54. The summed E-state index contributed by atoms with van der Waals surface area (Å²) in [5.41, 5.74) is 3.88. The highest BCUT2D eigenvalue weighted by atomic mass is 16.2. The lowest BCUT2D eigenvalue weighted by atomic mass is 10.1. The van der Waals surface area contributed by atoms with E-state index in [9.17, 15) is 4.79 Å². The van der Waals surface area contributed by atoms with Gasteiger partial charge in [0.05, 0.1) is 0 Å². The number of nitrogens with zero attached hydrogens (tertiary/aromatic N) is 2. The van der Waals surface area contributed by atoms with Crippen LogP contribution in [-0.2, 0) is 4.79 Å². The van der Waals surface area contributed by atoms with Crippen molar-refractivity contribution >= 4 is 11.6 Å². The van der Waals surface area contributed by atoms with Crippen molar-refractivity contribution in [3.63, 3.8) is 0 Å². The minimum Gasteiger partial charge on any atom is -0.368 e. The highest BCUT2D eigenvalue weighted by molar-refractivity contribution is 5.93. The number of carbonyl (C=O) groups excluding carboxylic acids is 1. The van der Waals surface area contributed by atoms with E-state index in [0.717, 1.165) is 26.2 Å². The predicted octanol–water partition coefficient (Wildman–Crippen LogP) is 1.98. The number of hydrogen-bond donors (Lipinski definition) is 0. The zero-order valence-corrected chi connectivity index (χ0v) is 11.9. The molecule has 0 bridgehead atoms. The fraction of sp³-hybridized carbons (Fsp3) is 0.438. The average molecular weight is 256 g/mol. The smallest absolute Gasteiger partial charge is 0.298 e. The first kappa shape index (κ1) is 13.5. The zero-order valence-electron chi connectivity index (χ0n) is 11.9. The van der Waals surface area contributed by atoms with Gasteiger partial charge in [0.25, 0.3) is 5.91 Å². The lowest BCUT2D eigenvalue weighted by molar-refractivity contribution is -0.125. The summed E-state index contributed by atoms with van der Waals surface area (Å²) in [4.78, 5) is 15.8. The number of amides is 1. The maximum atomic E-state index is 11.7. The highest BCUT2D eigenvalue weighted by Crippen LogP contribution is 2.20. The van der Waals surface area contributed by atoms with E-state index in [1.807, 2.05) is 4.90 Å². The Morgan fingerprint density at radius 2 is 1.79 bits per heavy atom. The molecule has 1 aromatic carbocycles. The Hall–Kier alpha value is -1.95. The van der Waals surface area contributed by atoms with Crippen molar-refractivity contribution in [2.45, 2.75) is 20.8 Å². The van der Waals surface area contributed by atoms with Crippen LogP contribution in [0.3, 0.4) is 0 Å². The van der Waals surface area contributed by atoms with Crippen molar-refractivity contribution in [1.29, 1.82) is 0 Å². The molecule has 1 aliphatic heterocycles. The maximum Gasteiger partial charge on any atom is 0.298 e. The maximum absolute atomic E-state index is 11.7. The first-order chi connectivity index (χ1) is 9.11. The van der Waals surface area contributed by atoms with Gasteiger partial charge < -0.3 is 9.80 Å². The molecule has 1 aliphatic rings. The fourth-order valence-electron chi connectivity index (χ4n) is 2.28. The molecule has 0 radical (unpaired) electrons. The van der Waals surface area contributed by atoms with Gasteiger partial charge in [0.2, 0.25) is 0 Å². The minimum atomic E-state index is -0.0535. The molecule has 1 aromatic rings. The van der Waals surface area contributed by atoms with E-state index in [4.69, 9.17) is 0 Å². The third-order valence-corrected chi connectivity index (χ3v) is 3.65. The monoisotopic (exact) mass is 256 g/mol. The van der Waals surface area contributed by atoms with Crippen molar-refractivity contribution in [3.8, 4) is 11.8 Å². The Kier molecular flexibility index (Phi) is 4.11. The Morgan fingerprint density at radius 3 is 2.37 bits per heavy atom. The largest absolute Gasteiger partial charge is 0.368 e. The lowest BCUT2D eigenvalue weighted by Crippen LogP contribution is -2.48. The quantitative estimate of drug-likeness (QED) is 0.717. The van der Waals surface area contributed by atoms with Gasteiger partial charge in [0, 0.05) is 31.9 Å². The van der Waals surface area contributed by atoms with Crippen LogP contribution in [0.15, 0.2) is 18.2 Å². The van der Waals surface area contributed by atoms with Gasteiger partial charge in [-0.15, -0.1) is 0 Å². The fourth-order valence-corrected chi connectivity index (χ4v) is 2.28. The molecule has 0 N–H and O–H groups in total. The van der Waals surface area contributed by atoms with Crippen LogP contribution in [0, 0.1) is 25.7 Å². The van der Waals surface area contributed by atoms with Crippen LogP contribution in [-0.4, -0.2) is 37.0 Å². The van der Waals surface area contributed by atoms with Gasteiger partial charge in [0.15, 0.2) is 0 Å². The molecule has 0 saturated carbocycles. The van der Waals surface area contributed by atoms with Crippen molar-refractivity contribution in [1.82, 2.24) is 4.90 Å². The van der Waals surface area contributed by atoms with E-state index in [1.165, 1.54) is 16.8 Å². The Morgan fingerprint density at radius 1 is 1.11 bits per heavy atom. The highest BCUT2D eigenvalue weighted by Gasteiger charge is 2.20. The summed E-state index contributed by atoms with van der Waals surface area (Å²) < 4.78 is 0. The normalized spacial score (nSPS) is 14.9. The molecule has 3 heteroatoms. The summed E-state index contributed by atoms with van der Waals surface area (Å²) in [5, 5.41) is 0. The number of rotatable bonds is 1. The van der Waals surface area contributed by atoms with Crippen LogP contribution < -0.4 is 4.90 Å². The van der Waals surface area contributed by atoms with E-state index in [2.05, 4.69) is 48.8 Å². The number of carbonyl (C=O) groups is 1. The molecule has 2 rings (SSSR count). The first-order valence-electron chi connectivity index (χ1n) is 6.65. The standard InChI is InChI=1S/C16H20N2O/c1-4-5-16(19)18-10-8-17(9-11-18)15-7-6-13(2)14(3)12-15/h6-7,12H,8-11H2,1-3H3. The topological polar surface area (TPSA) is 23.6 Å². The van der Waals surface area contributed by atoms with Gasteiger partial charge in [-0.2, -0.15) is 0 Å². The number of aryl methyl sites for hydroxylation is 2. The molecule has 100 valence electrons. The molecule has 1 amide bonds. The average Bonchev–Trinajstić information content (AvgIpc) is 2.42. The number of benzene rings is 1. The van der Waals surface area contributed by atoms with Crippen molar-refractivity contribution in [2.75, 3.05) is 31.1 Å². The summed E-state index contributed by atoms with van der Waals surface area (Å²) in [6.07, 6.45) is 0. The Bertz CT molecular complexity index is 531. The van der Waals surface area contributed by atoms with Crippen LogP contribution in [0.25, 0.3) is 0 Å². The molecule has 1 heterocycles. The predicted molar refractivity (Wildman–Crippen MR) is 78.2 cm³/mol. The summed E-state index contributed by atoms with van der Waals surface area (Å²) in [5.74, 6) is 5.22. The lowest BCUT2D eigenvalue weighted by Gasteiger charge is -2.35. The first-order valence-corrected chi connectivity index (χ1v) is 6.65. The Labute approximate surface area is 115 Å². The second-order valence-corrected chi connectivity index (χ2v) is 4.92. The van der Waals surface area contributed by atoms with Gasteiger partial charge >= 0.3 is 0 Å². The molecule has 0 atom stereocenters. The number of piperazine rings is 1. The van der Waals surface area contributed by atoms with E-state index < -0.39 is 0 Å². The molecular formula is C16H20N2O. The summed E-state index contributed by atoms with van der Waals surface area (Å²) in [6.45, 7) is 9.21. The second-order valence-electron chi connectivity index (χ2n) is 4.92. The SMILES string of the molecule is CC#CC(=O)N1CCN(c2ccc(C)c(C)c2)CC1. The van der Waals surface area contributed by atoms with Crippen molar-refractivity contribution < 1.29 is 4.79 Å². The number of anilines is 1. The van der Waals surface area contributed by atoms with Crippen LogP contribution in [0.2, 0.25) is 0 Å². The van der Waals surface area contributed by atoms with Gasteiger partial charge in [-0.25, -0.2) is 0 Å². The molecule has 0 spiro atoms. The van der Waals surface area contributed by atoms with E-state index >= 15 is 0 Å². The Balaban J connectivity index is 2.01. The second kappa shape index (κ2) is 5.79. The zero-order chi connectivity index (χ0) is 13.8. The van der Waals surface area contributed by atoms with Gasteiger partial charge in [-0.1, -0.05) is 12.0 Å².